The van der Waals surface area contributed by atoms with Crippen LogP contribution in [0.2, 0.25) is 0 Å². The number of nitrogens with two attached hydrogens (primary N) is 1. The van der Waals surface area contributed by atoms with Crippen LogP contribution in [0.4, 0.5) is 0 Å². The molecule has 1 aromatic heterocycles. The minimum Gasteiger partial charge on any atom is -0.327 e. The van der Waals surface area contributed by atoms with Crippen LogP contribution in [0.15, 0.2) is 30.3 Å². The first-order valence-corrected chi connectivity index (χ1v) is 7.45. The van der Waals surface area contributed by atoms with Gasteiger partial charge in [0.2, 0.25) is 0 Å². The molecule has 1 aliphatic carbocycles. The summed E-state index contributed by atoms with van der Waals surface area (Å²) in [6.07, 6.45) is 4.41. The molecule has 1 heterocycles. The number of aryl methyl sites for hydroxylation is 3. The second-order valence-electron chi connectivity index (χ2n) is 6.04. The summed E-state index contributed by atoms with van der Waals surface area (Å²) in [5.41, 5.74) is 11.8. The van der Waals surface area contributed by atoms with Gasteiger partial charge in [0.05, 0.1) is 5.69 Å². The Morgan fingerprint density at radius 1 is 1.35 bits per heavy atom. The highest BCUT2D eigenvalue weighted by atomic mass is 15.3. The van der Waals surface area contributed by atoms with Gasteiger partial charge in [0.15, 0.2) is 0 Å². The summed E-state index contributed by atoms with van der Waals surface area (Å²) in [7, 11) is 2.01. The van der Waals surface area contributed by atoms with E-state index in [1.807, 2.05) is 18.7 Å². The van der Waals surface area contributed by atoms with Crippen molar-refractivity contribution in [2.45, 2.75) is 38.6 Å². The van der Waals surface area contributed by atoms with Crippen LogP contribution in [0.5, 0.6) is 0 Å². The van der Waals surface area contributed by atoms with E-state index in [1.165, 1.54) is 29.7 Å². The first-order valence-electron chi connectivity index (χ1n) is 7.45. The minimum atomic E-state index is 0.221. The van der Waals surface area contributed by atoms with Crippen molar-refractivity contribution < 1.29 is 0 Å². The molecule has 1 aromatic carbocycles. The van der Waals surface area contributed by atoms with Gasteiger partial charge in [0, 0.05) is 25.2 Å². The number of hydrogen-bond acceptors (Lipinski definition) is 2. The largest absolute Gasteiger partial charge is 0.327 e. The zero-order chi connectivity index (χ0) is 14.1. The van der Waals surface area contributed by atoms with E-state index >= 15 is 0 Å². The molecular formula is C17H23N3. The molecule has 0 saturated carbocycles. The van der Waals surface area contributed by atoms with E-state index in [4.69, 9.17) is 5.73 Å². The molecule has 106 valence electrons. The number of rotatable bonds is 3. The Labute approximate surface area is 120 Å². The molecular weight excluding hydrogens is 246 g/mol. The van der Waals surface area contributed by atoms with Gasteiger partial charge in [-0.3, -0.25) is 4.68 Å². The van der Waals surface area contributed by atoms with Crippen molar-refractivity contribution in [3.63, 3.8) is 0 Å². The zero-order valence-electron chi connectivity index (χ0n) is 12.3. The molecule has 0 saturated heterocycles. The number of hydrogen-bond donors (Lipinski definition) is 1. The molecule has 2 aromatic rings. The van der Waals surface area contributed by atoms with Crippen LogP contribution >= 0.6 is 0 Å². The average molecular weight is 269 g/mol. The Morgan fingerprint density at radius 3 is 2.80 bits per heavy atom. The molecule has 3 rings (SSSR count). The number of nitrogens with zero attached hydrogens (tertiary/aromatic N) is 2. The quantitative estimate of drug-likeness (QED) is 0.930. The Kier molecular flexibility index (Phi) is 3.62. The van der Waals surface area contributed by atoms with E-state index in [9.17, 15) is 0 Å². The van der Waals surface area contributed by atoms with Gasteiger partial charge in [0.1, 0.15) is 0 Å². The van der Waals surface area contributed by atoms with Crippen molar-refractivity contribution in [1.29, 1.82) is 0 Å². The summed E-state index contributed by atoms with van der Waals surface area (Å²) in [6, 6.07) is 11.1. The van der Waals surface area contributed by atoms with Gasteiger partial charge in [-0.2, -0.15) is 5.10 Å². The first kappa shape index (κ1) is 13.4. The maximum Gasteiger partial charge on any atom is 0.0596 e. The van der Waals surface area contributed by atoms with E-state index in [0.29, 0.717) is 5.92 Å². The van der Waals surface area contributed by atoms with Gasteiger partial charge < -0.3 is 5.73 Å². The zero-order valence-corrected chi connectivity index (χ0v) is 12.3. The molecule has 0 aliphatic heterocycles. The van der Waals surface area contributed by atoms with Gasteiger partial charge in [-0.1, -0.05) is 24.3 Å². The van der Waals surface area contributed by atoms with Crippen molar-refractivity contribution in [3.8, 4) is 0 Å². The molecule has 2 atom stereocenters. The summed E-state index contributed by atoms with van der Waals surface area (Å²) in [4.78, 5) is 0. The Hall–Kier alpha value is -1.61. The SMILES string of the molecule is Cc1cc(CC(N)C2CCc3ccccc3C2)n(C)n1. The van der Waals surface area contributed by atoms with E-state index in [1.54, 1.807) is 0 Å². The highest BCUT2D eigenvalue weighted by molar-refractivity contribution is 5.30. The van der Waals surface area contributed by atoms with Gasteiger partial charge in [0.25, 0.3) is 0 Å². The van der Waals surface area contributed by atoms with Gasteiger partial charge >= 0.3 is 0 Å². The fourth-order valence-corrected chi connectivity index (χ4v) is 3.35. The fourth-order valence-electron chi connectivity index (χ4n) is 3.35. The smallest absolute Gasteiger partial charge is 0.0596 e. The standard InChI is InChI=1S/C17H23N3/c1-12-9-16(20(2)19-12)11-17(18)15-8-7-13-5-3-4-6-14(13)10-15/h3-6,9,15,17H,7-8,10-11,18H2,1-2H3. The van der Waals surface area contributed by atoms with E-state index in [0.717, 1.165) is 18.5 Å². The van der Waals surface area contributed by atoms with Gasteiger partial charge in [-0.15, -0.1) is 0 Å². The maximum absolute atomic E-state index is 6.47. The van der Waals surface area contributed by atoms with Crippen LogP contribution in [0.1, 0.15) is 28.9 Å². The highest BCUT2D eigenvalue weighted by Crippen LogP contribution is 2.28. The number of benzene rings is 1. The van der Waals surface area contributed by atoms with Crippen molar-refractivity contribution in [3.05, 3.63) is 52.8 Å². The van der Waals surface area contributed by atoms with Crippen LogP contribution < -0.4 is 5.73 Å². The van der Waals surface area contributed by atoms with E-state index in [-0.39, 0.29) is 6.04 Å². The van der Waals surface area contributed by atoms with Gasteiger partial charge in [-0.05, 0) is 49.3 Å². The normalized spacial score (nSPS) is 19.6. The summed E-state index contributed by atoms with van der Waals surface area (Å²) >= 11 is 0. The molecule has 3 heteroatoms. The van der Waals surface area contributed by atoms with Crippen molar-refractivity contribution in [1.82, 2.24) is 9.78 Å². The number of aromatic nitrogens is 2. The Morgan fingerprint density at radius 2 is 2.10 bits per heavy atom. The van der Waals surface area contributed by atoms with Crippen molar-refractivity contribution in [2.24, 2.45) is 18.7 Å². The molecule has 2 N–H and O–H groups in total. The minimum absolute atomic E-state index is 0.221. The Balaban J connectivity index is 1.70. The molecule has 3 nitrogen and oxygen atoms in total. The second-order valence-corrected chi connectivity index (χ2v) is 6.04. The third kappa shape index (κ3) is 2.63. The van der Waals surface area contributed by atoms with E-state index in [2.05, 4.69) is 35.4 Å². The van der Waals surface area contributed by atoms with Crippen LogP contribution in [0, 0.1) is 12.8 Å². The summed E-state index contributed by atoms with van der Waals surface area (Å²) in [6.45, 7) is 2.03. The average Bonchev–Trinajstić information content (AvgIpc) is 2.76. The molecule has 0 amide bonds. The molecule has 1 aliphatic rings. The molecule has 0 bridgehead atoms. The van der Waals surface area contributed by atoms with Crippen molar-refractivity contribution in [2.75, 3.05) is 0 Å². The van der Waals surface area contributed by atoms with Crippen LogP contribution in [0.25, 0.3) is 0 Å². The third-order valence-corrected chi connectivity index (χ3v) is 4.53. The third-order valence-electron chi connectivity index (χ3n) is 4.53. The lowest BCUT2D eigenvalue weighted by molar-refractivity contribution is 0.367. The number of fused-ring (bicyclic) bond motifs is 1. The second kappa shape index (κ2) is 5.41. The topological polar surface area (TPSA) is 43.8 Å². The lowest BCUT2D eigenvalue weighted by atomic mass is 9.79. The summed E-state index contributed by atoms with van der Waals surface area (Å²) in [5, 5.41) is 4.41. The molecule has 0 spiro atoms. The van der Waals surface area contributed by atoms with Crippen molar-refractivity contribution >= 4 is 0 Å². The molecule has 0 radical (unpaired) electrons. The Bertz CT molecular complexity index is 600. The van der Waals surface area contributed by atoms with Crippen LogP contribution in [0.3, 0.4) is 0 Å². The predicted molar refractivity (Wildman–Crippen MR) is 81.6 cm³/mol. The highest BCUT2D eigenvalue weighted by Gasteiger charge is 2.24. The van der Waals surface area contributed by atoms with Gasteiger partial charge in [-0.25, -0.2) is 0 Å². The first-order chi connectivity index (χ1) is 9.63. The lowest BCUT2D eigenvalue weighted by Crippen LogP contribution is -2.36. The summed E-state index contributed by atoms with van der Waals surface area (Å²) in [5.74, 6) is 0.583. The molecule has 0 fully saturated rings. The monoisotopic (exact) mass is 269 g/mol. The summed E-state index contributed by atoms with van der Waals surface area (Å²) < 4.78 is 1.96. The predicted octanol–water partition coefficient (Wildman–Crippen LogP) is 2.40. The van der Waals surface area contributed by atoms with Crippen LogP contribution in [-0.2, 0) is 26.3 Å². The fraction of sp³-hybridized carbons (Fsp3) is 0.471. The lowest BCUT2D eigenvalue weighted by Gasteiger charge is -2.29. The van der Waals surface area contributed by atoms with Crippen LogP contribution in [-0.4, -0.2) is 15.8 Å². The maximum atomic E-state index is 6.47. The molecule has 20 heavy (non-hydrogen) atoms. The van der Waals surface area contributed by atoms with E-state index < -0.39 is 0 Å². The molecule has 2 unspecified atom stereocenters.